The van der Waals surface area contributed by atoms with Gasteiger partial charge in [0, 0.05) is 5.39 Å². The average Bonchev–Trinajstić information content (AvgIpc) is 3.09. The number of fused-ring (bicyclic) bond motifs is 1. The SMILES string of the molecule is CCCCCCCCCCCCOS(=O)(=O)[O-].CCCCCCCCCCCCOS(=O)(=O)[O-].CCCCOS(=O)(=O)c1cccc2ccccc12.[Na+].[Na+]. The van der Waals surface area contributed by atoms with E-state index in [2.05, 4.69) is 22.2 Å². The van der Waals surface area contributed by atoms with Crippen molar-refractivity contribution in [2.24, 2.45) is 0 Å². The molecule has 0 aliphatic carbocycles. The fourth-order valence-electron chi connectivity index (χ4n) is 5.29. The molecular weight excluding hydrogens is 775 g/mol. The van der Waals surface area contributed by atoms with Crippen LogP contribution in [0.3, 0.4) is 0 Å². The molecule has 0 spiro atoms. The summed E-state index contributed by atoms with van der Waals surface area (Å²) in [6.07, 6.45) is 25.0. The fourth-order valence-corrected chi connectivity index (χ4v) is 7.10. The van der Waals surface area contributed by atoms with Crippen molar-refractivity contribution in [1.29, 1.82) is 0 Å². The van der Waals surface area contributed by atoms with E-state index in [0.717, 1.165) is 43.9 Å². The third-order valence-corrected chi connectivity index (χ3v) is 10.5. The van der Waals surface area contributed by atoms with Crippen LogP contribution < -0.4 is 59.1 Å². The summed E-state index contributed by atoms with van der Waals surface area (Å²) in [5.41, 5.74) is 0. The molecular formula is C38H66Na2O11S3. The van der Waals surface area contributed by atoms with Gasteiger partial charge in [-0.1, -0.05) is 179 Å². The van der Waals surface area contributed by atoms with Crippen LogP contribution in [0.2, 0.25) is 0 Å². The summed E-state index contributed by atoms with van der Waals surface area (Å²) in [6.45, 7) is 6.72. The molecule has 16 heteroatoms. The summed E-state index contributed by atoms with van der Waals surface area (Å²) in [5, 5.41) is 1.61. The Labute approximate surface area is 373 Å². The van der Waals surface area contributed by atoms with Crippen molar-refractivity contribution in [2.75, 3.05) is 19.8 Å². The largest absolute Gasteiger partial charge is 1.00 e. The third-order valence-electron chi connectivity index (χ3n) is 8.21. The smallest absolute Gasteiger partial charge is 0.726 e. The summed E-state index contributed by atoms with van der Waals surface area (Å²) in [4.78, 5) is 0.247. The summed E-state index contributed by atoms with van der Waals surface area (Å²) in [7, 11) is -12.6. The molecule has 0 bridgehead atoms. The van der Waals surface area contributed by atoms with Gasteiger partial charge in [0.1, 0.15) is 4.90 Å². The van der Waals surface area contributed by atoms with Crippen LogP contribution >= 0.6 is 0 Å². The predicted molar refractivity (Wildman–Crippen MR) is 207 cm³/mol. The van der Waals surface area contributed by atoms with Crippen molar-refractivity contribution in [2.45, 2.75) is 167 Å². The van der Waals surface area contributed by atoms with Crippen molar-refractivity contribution in [3.63, 3.8) is 0 Å². The first-order valence-corrected chi connectivity index (χ1v) is 23.4. The monoisotopic (exact) mass is 840 g/mol. The minimum absolute atomic E-state index is 0. The summed E-state index contributed by atoms with van der Waals surface area (Å²) >= 11 is 0. The number of benzene rings is 2. The van der Waals surface area contributed by atoms with Gasteiger partial charge < -0.3 is 9.11 Å². The number of hydrogen-bond acceptors (Lipinski definition) is 11. The molecule has 54 heavy (non-hydrogen) atoms. The molecule has 0 aliphatic heterocycles. The maximum Gasteiger partial charge on any atom is 1.00 e. The van der Waals surface area contributed by atoms with Crippen LogP contribution in [0.5, 0.6) is 0 Å². The zero-order chi connectivity index (χ0) is 39.0. The van der Waals surface area contributed by atoms with Crippen LogP contribution in [-0.2, 0) is 43.5 Å². The Morgan fingerprint density at radius 2 is 0.759 bits per heavy atom. The minimum atomic E-state index is -4.48. The van der Waals surface area contributed by atoms with Gasteiger partial charge >= 0.3 is 59.1 Å². The minimum Gasteiger partial charge on any atom is -0.726 e. The van der Waals surface area contributed by atoms with Gasteiger partial charge in [-0.15, -0.1) is 0 Å². The summed E-state index contributed by atoms with van der Waals surface area (Å²) in [6, 6.07) is 12.6. The van der Waals surface area contributed by atoms with Gasteiger partial charge in [-0.3, -0.25) is 12.5 Å². The van der Waals surface area contributed by atoms with E-state index in [4.69, 9.17) is 4.18 Å². The van der Waals surface area contributed by atoms with E-state index in [1.54, 1.807) is 18.2 Å². The second-order valence-electron chi connectivity index (χ2n) is 12.9. The third kappa shape index (κ3) is 36.7. The zero-order valence-corrected chi connectivity index (χ0v) is 40.4. The van der Waals surface area contributed by atoms with E-state index >= 15 is 0 Å². The molecule has 0 aromatic heterocycles. The van der Waals surface area contributed by atoms with Crippen molar-refractivity contribution in [3.8, 4) is 0 Å². The van der Waals surface area contributed by atoms with Crippen LogP contribution in [-0.4, -0.2) is 54.2 Å². The van der Waals surface area contributed by atoms with Crippen LogP contribution in [0.15, 0.2) is 47.4 Å². The van der Waals surface area contributed by atoms with E-state index in [9.17, 15) is 34.4 Å². The van der Waals surface area contributed by atoms with E-state index in [1.165, 1.54) is 89.9 Å². The van der Waals surface area contributed by atoms with E-state index in [0.29, 0.717) is 18.2 Å². The van der Waals surface area contributed by atoms with Gasteiger partial charge in [0.2, 0.25) is 20.8 Å². The van der Waals surface area contributed by atoms with Crippen LogP contribution in [0.1, 0.15) is 162 Å². The first-order chi connectivity index (χ1) is 24.8. The van der Waals surface area contributed by atoms with Crippen molar-refractivity contribution >= 4 is 41.7 Å². The second kappa shape index (κ2) is 37.6. The first kappa shape index (κ1) is 58.7. The Hall–Kier alpha value is 0.350. The average molecular weight is 841 g/mol. The standard InChI is InChI=1S/C14H16O3S.2C12H26O4S.2Na/c1-2-3-11-17-18(15,16)14-10-6-8-12-7-4-5-9-13(12)14;2*1-2-3-4-5-6-7-8-9-10-11-12-16-17(13,14)15;;/h4-10H,2-3,11H2,1H3;2*2-12H2,1H3,(H,13,14,15);;/q;;;2*+1/p-2. The zero-order valence-electron chi connectivity index (χ0n) is 33.9. The van der Waals surface area contributed by atoms with E-state index in [1.807, 2.05) is 31.2 Å². The maximum absolute atomic E-state index is 12.1. The van der Waals surface area contributed by atoms with Crippen LogP contribution in [0.25, 0.3) is 10.8 Å². The second-order valence-corrected chi connectivity index (χ2v) is 16.6. The normalized spacial score (nSPS) is 11.4. The molecule has 0 heterocycles. The Bertz CT molecular complexity index is 1420. The molecule has 11 nitrogen and oxygen atoms in total. The molecule has 0 unspecified atom stereocenters. The van der Waals surface area contributed by atoms with Gasteiger partial charge in [-0.05, 0) is 30.7 Å². The maximum atomic E-state index is 12.1. The van der Waals surface area contributed by atoms with E-state index < -0.39 is 30.9 Å². The molecule has 2 aromatic rings. The number of rotatable bonds is 29. The molecule has 0 radical (unpaired) electrons. The Morgan fingerprint density at radius 3 is 1.15 bits per heavy atom. The van der Waals surface area contributed by atoms with Crippen molar-refractivity contribution in [3.05, 3.63) is 42.5 Å². The van der Waals surface area contributed by atoms with Gasteiger partial charge in [0.25, 0.3) is 10.1 Å². The molecule has 304 valence electrons. The molecule has 0 aliphatic rings. The van der Waals surface area contributed by atoms with Gasteiger partial charge in [-0.2, -0.15) is 8.42 Å². The summed E-state index contributed by atoms with van der Waals surface area (Å²) < 4.78 is 98.2. The molecule has 0 N–H and O–H groups in total. The van der Waals surface area contributed by atoms with Crippen molar-refractivity contribution in [1.82, 2.24) is 0 Å². The summed E-state index contributed by atoms with van der Waals surface area (Å²) in [5.74, 6) is 0. The molecule has 2 rings (SSSR count). The number of hydrogen-bond donors (Lipinski definition) is 0. The van der Waals surface area contributed by atoms with Crippen molar-refractivity contribution < 1.29 is 106 Å². The number of unbranched alkanes of at least 4 members (excludes halogenated alkanes) is 19. The quantitative estimate of drug-likeness (QED) is 0.0379. The molecule has 0 fully saturated rings. The molecule has 0 saturated heterocycles. The molecule has 0 saturated carbocycles. The Balaban J connectivity index is -0.000000710. The van der Waals surface area contributed by atoms with Crippen LogP contribution in [0.4, 0.5) is 0 Å². The molecule has 0 atom stereocenters. The fraction of sp³-hybridized carbons (Fsp3) is 0.737. The molecule has 0 amide bonds. The predicted octanol–water partition coefficient (Wildman–Crippen LogP) is 4.12. The Morgan fingerprint density at radius 1 is 0.426 bits per heavy atom. The van der Waals surface area contributed by atoms with Crippen LogP contribution in [0, 0.1) is 0 Å². The first-order valence-electron chi connectivity index (χ1n) is 19.3. The van der Waals surface area contributed by atoms with Gasteiger partial charge in [-0.25, -0.2) is 16.8 Å². The molecule has 2 aromatic carbocycles. The van der Waals surface area contributed by atoms with E-state index in [-0.39, 0.29) is 83.8 Å². The van der Waals surface area contributed by atoms with Gasteiger partial charge in [0.05, 0.1) is 19.8 Å². The Kier molecular flexibility index (Phi) is 40.9. The topological polar surface area (TPSA) is 176 Å². The van der Waals surface area contributed by atoms with Gasteiger partial charge in [0.15, 0.2) is 0 Å².